The van der Waals surface area contributed by atoms with Gasteiger partial charge in [-0.15, -0.1) is 0 Å². The van der Waals surface area contributed by atoms with Gasteiger partial charge in [0.25, 0.3) is 0 Å². The molecule has 170 valence electrons. The zero-order valence-electron chi connectivity index (χ0n) is 19.6. The van der Waals surface area contributed by atoms with Crippen molar-refractivity contribution >= 4 is 0 Å². The van der Waals surface area contributed by atoms with E-state index in [0.29, 0.717) is 12.1 Å². The molecule has 2 atom stereocenters. The van der Waals surface area contributed by atoms with E-state index in [2.05, 4.69) is 56.9 Å². The van der Waals surface area contributed by atoms with Crippen LogP contribution in [0.15, 0.2) is 61.4 Å². The van der Waals surface area contributed by atoms with Crippen LogP contribution in [0.4, 0.5) is 0 Å². The molecule has 7 nitrogen and oxygen atoms in total. The molecule has 1 aliphatic carbocycles. The summed E-state index contributed by atoms with van der Waals surface area (Å²) in [4.78, 5) is 11.8. The molecule has 7 heteroatoms. The number of hydrogen-bond donors (Lipinski definition) is 0. The lowest BCUT2D eigenvalue weighted by molar-refractivity contribution is 0.161. The maximum Gasteiger partial charge on any atom is 0.159 e. The summed E-state index contributed by atoms with van der Waals surface area (Å²) in [5.74, 6) is 0.717. The van der Waals surface area contributed by atoms with Crippen molar-refractivity contribution in [1.82, 2.24) is 34.4 Å². The fourth-order valence-corrected chi connectivity index (χ4v) is 4.76. The van der Waals surface area contributed by atoms with Gasteiger partial charge >= 0.3 is 0 Å². The molecule has 0 amide bonds. The smallest absolute Gasteiger partial charge is 0.159 e. The molecule has 0 bridgehead atoms. The Morgan fingerprint density at radius 2 is 1.67 bits per heavy atom. The fourth-order valence-electron chi connectivity index (χ4n) is 4.76. The van der Waals surface area contributed by atoms with Gasteiger partial charge in [-0.1, -0.05) is 25.1 Å². The molecule has 3 heterocycles. The molecule has 0 spiro atoms. The summed E-state index contributed by atoms with van der Waals surface area (Å²) in [6.45, 7) is 3.32. The van der Waals surface area contributed by atoms with Crippen molar-refractivity contribution in [3.8, 4) is 33.6 Å². The molecule has 0 aliphatic heterocycles. The van der Waals surface area contributed by atoms with Gasteiger partial charge in [-0.25, -0.2) is 9.97 Å². The van der Waals surface area contributed by atoms with Crippen LogP contribution in [0.1, 0.15) is 38.6 Å². The molecule has 1 aliphatic rings. The number of benzene rings is 1. The second-order valence-electron chi connectivity index (χ2n) is 9.04. The van der Waals surface area contributed by atoms with E-state index in [1.54, 1.807) is 0 Å². The van der Waals surface area contributed by atoms with Gasteiger partial charge in [0.2, 0.25) is 0 Å². The highest BCUT2D eigenvalue weighted by atomic mass is 15.3. The summed E-state index contributed by atoms with van der Waals surface area (Å²) in [5, 5.41) is 8.97. The molecule has 3 aromatic heterocycles. The van der Waals surface area contributed by atoms with Gasteiger partial charge in [0.15, 0.2) is 5.82 Å². The maximum atomic E-state index is 4.70. The number of hydrogen-bond acceptors (Lipinski definition) is 5. The highest BCUT2D eigenvalue weighted by Gasteiger charge is 2.26. The third-order valence-corrected chi connectivity index (χ3v) is 6.86. The van der Waals surface area contributed by atoms with E-state index >= 15 is 0 Å². The Morgan fingerprint density at radius 3 is 2.42 bits per heavy atom. The number of rotatable bonds is 6. The molecule has 4 aromatic rings. The van der Waals surface area contributed by atoms with Gasteiger partial charge < -0.3 is 4.90 Å². The molecule has 0 saturated heterocycles. The molecule has 5 rings (SSSR count). The summed E-state index contributed by atoms with van der Waals surface area (Å²) >= 11 is 0. The van der Waals surface area contributed by atoms with E-state index in [1.165, 1.54) is 19.3 Å². The first-order valence-corrected chi connectivity index (χ1v) is 11.8. The number of nitrogens with zero attached hydrogens (tertiary/aromatic N) is 7. The van der Waals surface area contributed by atoms with Crippen molar-refractivity contribution in [1.29, 1.82) is 0 Å². The Kier molecular flexibility index (Phi) is 6.05. The lowest BCUT2D eigenvalue weighted by Crippen LogP contribution is -2.36. The Bertz CT molecular complexity index is 1210. The Labute approximate surface area is 195 Å². The molecule has 0 N–H and O–H groups in total. The first-order chi connectivity index (χ1) is 16.1. The lowest BCUT2D eigenvalue weighted by Gasteiger charge is -2.34. The molecule has 1 aromatic carbocycles. The zero-order chi connectivity index (χ0) is 22.8. The van der Waals surface area contributed by atoms with E-state index in [4.69, 9.17) is 5.10 Å². The largest absolute Gasteiger partial charge is 0.304 e. The number of aryl methyl sites for hydroxylation is 1. The summed E-state index contributed by atoms with van der Waals surface area (Å²) in [5.41, 5.74) is 5.24. The van der Waals surface area contributed by atoms with Crippen molar-refractivity contribution in [2.24, 2.45) is 7.05 Å². The van der Waals surface area contributed by atoms with Crippen LogP contribution in [0.2, 0.25) is 0 Å². The third kappa shape index (κ3) is 4.59. The van der Waals surface area contributed by atoms with Crippen LogP contribution in [0.3, 0.4) is 0 Å². The Hall–Kier alpha value is -3.32. The minimum Gasteiger partial charge on any atom is -0.304 e. The molecule has 0 radical (unpaired) electrons. The summed E-state index contributed by atoms with van der Waals surface area (Å²) < 4.78 is 3.96. The summed E-state index contributed by atoms with van der Waals surface area (Å²) in [6, 6.07) is 9.37. The van der Waals surface area contributed by atoms with Crippen LogP contribution in [-0.2, 0) is 7.05 Å². The van der Waals surface area contributed by atoms with Crippen molar-refractivity contribution in [2.45, 2.75) is 44.7 Å². The van der Waals surface area contributed by atoms with E-state index < -0.39 is 0 Å². The second kappa shape index (κ2) is 9.27. The van der Waals surface area contributed by atoms with Crippen LogP contribution < -0.4 is 0 Å². The van der Waals surface area contributed by atoms with Gasteiger partial charge in [-0.3, -0.25) is 9.36 Å². The highest BCUT2D eigenvalue weighted by Crippen LogP contribution is 2.32. The Morgan fingerprint density at radius 1 is 0.909 bits per heavy atom. The lowest BCUT2D eigenvalue weighted by atomic mass is 9.90. The van der Waals surface area contributed by atoms with Crippen molar-refractivity contribution in [3.05, 3.63) is 61.4 Å². The van der Waals surface area contributed by atoms with Gasteiger partial charge in [-0.05, 0) is 50.9 Å². The minimum atomic E-state index is 0.460. The summed E-state index contributed by atoms with van der Waals surface area (Å²) in [6.07, 6.45) is 16.7. The van der Waals surface area contributed by atoms with Gasteiger partial charge in [0.05, 0.1) is 18.4 Å². The molecule has 33 heavy (non-hydrogen) atoms. The highest BCUT2D eigenvalue weighted by molar-refractivity contribution is 5.70. The standard InChI is InChI=1S/C26H31N7/c1-4-31(2)24-9-6-10-25(12-24)33-18-23(16-30-33)21-13-27-26(28-14-21)20-8-5-7-19(11-20)22-15-29-32(3)17-22/h5,7-8,11,13-18,24-25H,4,6,9-10,12H2,1-3H3. The fraction of sp³-hybridized carbons (Fsp3) is 0.385. The predicted molar refractivity (Wildman–Crippen MR) is 130 cm³/mol. The maximum absolute atomic E-state index is 4.70. The molecule has 1 saturated carbocycles. The topological polar surface area (TPSA) is 64.7 Å². The molecule has 1 fully saturated rings. The van der Waals surface area contributed by atoms with E-state index in [1.807, 2.05) is 54.8 Å². The molecular formula is C26H31N7. The molecule has 2 unspecified atom stereocenters. The monoisotopic (exact) mass is 441 g/mol. The van der Waals surface area contributed by atoms with Gasteiger partial charge in [0.1, 0.15) is 0 Å². The average Bonchev–Trinajstić information content (AvgIpc) is 3.53. The van der Waals surface area contributed by atoms with Gasteiger partial charge in [-0.2, -0.15) is 10.2 Å². The van der Waals surface area contributed by atoms with Crippen LogP contribution >= 0.6 is 0 Å². The first-order valence-electron chi connectivity index (χ1n) is 11.8. The second-order valence-corrected chi connectivity index (χ2v) is 9.04. The van der Waals surface area contributed by atoms with E-state index in [0.717, 1.165) is 46.6 Å². The Balaban J connectivity index is 1.32. The predicted octanol–water partition coefficient (Wildman–Crippen LogP) is 4.84. The van der Waals surface area contributed by atoms with Crippen LogP contribution in [0.25, 0.3) is 33.6 Å². The van der Waals surface area contributed by atoms with Gasteiger partial charge in [0, 0.05) is 60.1 Å². The normalized spacial score (nSPS) is 18.7. The van der Waals surface area contributed by atoms with Crippen molar-refractivity contribution in [2.75, 3.05) is 13.6 Å². The average molecular weight is 442 g/mol. The van der Waals surface area contributed by atoms with Crippen LogP contribution in [0, 0.1) is 0 Å². The first kappa shape index (κ1) is 21.5. The van der Waals surface area contributed by atoms with Crippen molar-refractivity contribution < 1.29 is 0 Å². The zero-order valence-corrected chi connectivity index (χ0v) is 19.6. The number of aromatic nitrogens is 6. The van der Waals surface area contributed by atoms with Crippen LogP contribution in [-0.4, -0.2) is 54.1 Å². The summed E-state index contributed by atoms with van der Waals surface area (Å²) in [7, 11) is 4.15. The quantitative estimate of drug-likeness (QED) is 0.428. The SMILES string of the molecule is CCN(C)C1CCCC(n2cc(-c3cnc(-c4cccc(-c5cnn(C)c5)c4)nc3)cn2)C1. The minimum absolute atomic E-state index is 0.460. The van der Waals surface area contributed by atoms with E-state index in [-0.39, 0.29) is 0 Å². The van der Waals surface area contributed by atoms with Crippen LogP contribution in [0.5, 0.6) is 0 Å². The third-order valence-electron chi connectivity index (χ3n) is 6.86. The molecular weight excluding hydrogens is 410 g/mol. The van der Waals surface area contributed by atoms with E-state index in [9.17, 15) is 0 Å². The van der Waals surface area contributed by atoms with Crippen molar-refractivity contribution in [3.63, 3.8) is 0 Å².